The molecule has 0 saturated carbocycles. The predicted molar refractivity (Wildman–Crippen MR) is 67.2 cm³/mol. The van der Waals surface area contributed by atoms with Gasteiger partial charge in [0.2, 0.25) is 0 Å². The lowest BCUT2D eigenvalue weighted by Gasteiger charge is -2.08. The first-order valence-corrected chi connectivity index (χ1v) is 6.79. The Morgan fingerprint density at radius 2 is 2.50 bits per heavy atom. The van der Waals surface area contributed by atoms with Gasteiger partial charge in [0.1, 0.15) is 17.9 Å². The molecule has 1 unspecified atom stereocenters. The summed E-state index contributed by atoms with van der Waals surface area (Å²) in [6.45, 7) is 3.77. The molecule has 0 radical (unpaired) electrons. The van der Waals surface area contributed by atoms with Crippen molar-refractivity contribution in [1.29, 1.82) is 0 Å². The molecule has 1 fully saturated rings. The van der Waals surface area contributed by atoms with Crippen LogP contribution >= 0.6 is 0 Å². The van der Waals surface area contributed by atoms with Crippen LogP contribution in [0.3, 0.4) is 0 Å². The maximum absolute atomic E-state index is 11.9. The van der Waals surface area contributed by atoms with Crippen LogP contribution in [0, 0.1) is 0 Å². The molecule has 1 atom stereocenters. The summed E-state index contributed by atoms with van der Waals surface area (Å²) in [5.41, 5.74) is 0. The quantitative estimate of drug-likeness (QED) is 0.741. The van der Waals surface area contributed by atoms with Gasteiger partial charge in [-0.25, -0.2) is 9.67 Å². The van der Waals surface area contributed by atoms with Gasteiger partial charge in [0.05, 0.1) is 12.5 Å². The molecule has 0 bridgehead atoms. The zero-order valence-corrected chi connectivity index (χ0v) is 11.0. The van der Waals surface area contributed by atoms with Gasteiger partial charge >= 0.3 is 0 Å². The molecule has 1 saturated heterocycles. The lowest BCUT2D eigenvalue weighted by atomic mass is 10.1. The Morgan fingerprint density at radius 3 is 3.22 bits per heavy atom. The van der Waals surface area contributed by atoms with Gasteiger partial charge in [-0.1, -0.05) is 6.92 Å². The van der Waals surface area contributed by atoms with Crippen LogP contribution in [-0.4, -0.2) is 33.3 Å². The Morgan fingerprint density at radius 1 is 1.61 bits per heavy atom. The van der Waals surface area contributed by atoms with Crippen LogP contribution in [0.25, 0.3) is 0 Å². The molecule has 1 aliphatic rings. The molecule has 0 aliphatic carbocycles. The third-order valence-corrected chi connectivity index (χ3v) is 3.26. The lowest BCUT2D eigenvalue weighted by Crippen LogP contribution is -2.14. The molecule has 0 N–H and O–H groups in total. The number of ketones is 1. The number of aromatic nitrogens is 3. The van der Waals surface area contributed by atoms with Gasteiger partial charge in [0.15, 0.2) is 0 Å². The average Bonchev–Trinajstić information content (AvgIpc) is 2.99. The standard InChI is InChI=1S/C13H21N3O2/c1-2-7-16-13(14-10-15-16)9-11(17)5-6-12-4-3-8-18-12/h10,12H,2-9H2,1H3. The first-order valence-electron chi connectivity index (χ1n) is 6.79. The van der Waals surface area contributed by atoms with Crippen molar-refractivity contribution in [2.45, 2.75) is 58.1 Å². The molecule has 0 amide bonds. The lowest BCUT2D eigenvalue weighted by molar-refractivity contribution is -0.119. The molecule has 2 heterocycles. The van der Waals surface area contributed by atoms with Crippen LogP contribution in [0.15, 0.2) is 6.33 Å². The molecule has 5 nitrogen and oxygen atoms in total. The largest absolute Gasteiger partial charge is 0.378 e. The van der Waals surface area contributed by atoms with E-state index in [1.165, 1.54) is 6.33 Å². The summed E-state index contributed by atoms with van der Waals surface area (Å²) in [6, 6.07) is 0. The summed E-state index contributed by atoms with van der Waals surface area (Å²) in [5, 5.41) is 4.13. The van der Waals surface area contributed by atoms with Crippen molar-refractivity contribution < 1.29 is 9.53 Å². The fourth-order valence-electron chi connectivity index (χ4n) is 2.28. The van der Waals surface area contributed by atoms with Gasteiger partial charge in [-0.05, 0) is 25.7 Å². The monoisotopic (exact) mass is 251 g/mol. The Bertz CT molecular complexity index is 383. The molecule has 1 aromatic heterocycles. The van der Waals surface area contributed by atoms with Crippen molar-refractivity contribution in [2.75, 3.05) is 6.61 Å². The second kappa shape index (κ2) is 6.64. The minimum Gasteiger partial charge on any atom is -0.378 e. The maximum atomic E-state index is 11.9. The van der Waals surface area contributed by atoms with E-state index in [1.807, 2.05) is 4.68 Å². The molecule has 0 aromatic carbocycles. The summed E-state index contributed by atoms with van der Waals surface area (Å²) >= 11 is 0. The SMILES string of the molecule is CCCn1ncnc1CC(=O)CCC1CCCO1. The van der Waals surface area contributed by atoms with E-state index in [2.05, 4.69) is 17.0 Å². The Hall–Kier alpha value is -1.23. The van der Waals surface area contributed by atoms with E-state index in [0.29, 0.717) is 18.9 Å². The number of carbonyl (C=O) groups excluding carboxylic acids is 1. The second-order valence-corrected chi connectivity index (χ2v) is 4.79. The van der Waals surface area contributed by atoms with Crippen molar-refractivity contribution in [3.8, 4) is 0 Å². The normalized spacial score (nSPS) is 19.3. The topological polar surface area (TPSA) is 57.0 Å². The molecule has 1 aliphatic heterocycles. The number of nitrogens with zero attached hydrogens (tertiary/aromatic N) is 3. The molecule has 2 rings (SSSR count). The summed E-state index contributed by atoms with van der Waals surface area (Å²) < 4.78 is 7.34. The second-order valence-electron chi connectivity index (χ2n) is 4.79. The Balaban J connectivity index is 1.77. The third-order valence-electron chi connectivity index (χ3n) is 3.26. The molecule has 1 aromatic rings. The first-order chi connectivity index (χ1) is 8.79. The third kappa shape index (κ3) is 3.63. The highest BCUT2D eigenvalue weighted by Gasteiger charge is 2.17. The van der Waals surface area contributed by atoms with Crippen LogP contribution in [0.4, 0.5) is 0 Å². The van der Waals surface area contributed by atoms with Crippen molar-refractivity contribution in [3.05, 3.63) is 12.2 Å². The number of ether oxygens (including phenoxy) is 1. The van der Waals surface area contributed by atoms with Crippen LogP contribution in [0.2, 0.25) is 0 Å². The molecule has 18 heavy (non-hydrogen) atoms. The van der Waals surface area contributed by atoms with Crippen molar-refractivity contribution in [2.24, 2.45) is 0 Å². The van der Waals surface area contributed by atoms with Gasteiger partial charge in [-0.15, -0.1) is 0 Å². The van der Waals surface area contributed by atoms with E-state index in [0.717, 1.165) is 44.7 Å². The van der Waals surface area contributed by atoms with Crippen LogP contribution in [0.5, 0.6) is 0 Å². The molecule has 5 heteroatoms. The van der Waals surface area contributed by atoms with Crippen LogP contribution in [-0.2, 0) is 22.5 Å². The van der Waals surface area contributed by atoms with E-state index >= 15 is 0 Å². The van der Waals surface area contributed by atoms with E-state index in [4.69, 9.17) is 4.74 Å². The highest BCUT2D eigenvalue weighted by molar-refractivity contribution is 5.80. The summed E-state index contributed by atoms with van der Waals surface area (Å²) in [7, 11) is 0. The number of rotatable bonds is 7. The number of Topliss-reactive ketones (excluding diaryl/α,β-unsaturated/α-hetero) is 1. The number of aryl methyl sites for hydroxylation is 1. The molecule has 0 spiro atoms. The van der Waals surface area contributed by atoms with Crippen molar-refractivity contribution in [1.82, 2.24) is 14.8 Å². The number of carbonyl (C=O) groups is 1. The average molecular weight is 251 g/mol. The minimum atomic E-state index is 0.232. The molecular weight excluding hydrogens is 230 g/mol. The number of hydrogen-bond donors (Lipinski definition) is 0. The Kier molecular flexibility index (Phi) is 4.87. The maximum Gasteiger partial charge on any atom is 0.140 e. The van der Waals surface area contributed by atoms with E-state index in [9.17, 15) is 4.79 Å². The summed E-state index contributed by atoms with van der Waals surface area (Å²) in [5.74, 6) is 1.02. The minimum absolute atomic E-state index is 0.232. The van der Waals surface area contributed by atoms with Gasteiger partial charge in [0.25, 0.3) is 0 Å². The first kappa shape index (κ1) is 13.2. The van der Waals surface area contributed by atoms with Crippen molar-refractivity contribution in [3.63, 3.8) is 0 Å². The molecular formula is C13H21N3O2. The van der Waals surface area contributed by atoms with Gasteiger partial charge in [0, 0.05) is 19.6 Å². The highest BCUT2D eigenvalue weighted by atomic mass is 16.5. The van der Waals surface area contributed by atoms with E-state index < -0.39 is 0 Å². The number of hydrogen-bond acceptors (Lipinski definition) is 4. The smallest absolute Gasteiger partial charge is 0.140 e. The summed E-state index contributed by atoms with van der Waals surface area (Å²) in [6.07, 6.45) is 6.88. The van der Waals surface area contributed by atoms with Gasteiger partial charge in [-0.2, -0.15) is 5.10 Å². The predicted octanol–water partition coefficient (Wildman–Crippen LogP) is 1.76. The van der Waals surface area contributed by atoms with Crippen LogP contribution in [0.1, 0.15) is 44.9 Å². The Labute approximate surface area is 108 Å². The fraction of sp³-hybridized carbons (Fsp3) is 0.769. The van der Waals surface area contributed by atoms with E-state index in [1.54, 1.807) is 0 Å². The zero-order valence-electron chi connectivity index (χ0n) is 11.0. The zero-order chi connectivity index (χ0) is 12.8. The van der Waals surface area contributed by atoms with Gasteiger partial charge in [-0.3, -0.25) is 4.79 Å². The fourth-order valence-corrected chi connectivity index (χ4v) is 2.28. The van der Waals surface area contributed by atoms with Crippen LogP contribution < -0.4 is 0 Å². The summed E-state index contributed by atoms with van der Waals surface area (Å²) in [4.78, 5) is 16.0. The molecule has 100 valence electrons. The highest BCUT2D eigenvalue weighted by Crippen LogP contribution is 2.17. The van der Waals surface area contributed by atoms with Gasteiger partial charge < -0.3 is 4.74 Å². The van der Waals surface area contributed by atoms with E-state index in [-0.39, 0.29) is 5.78 Å². The van der Waals surface area contributed by atoms with Crippen molar-refractivity contribution >= 4 is 5.78 Å².